The number of benzene rings is 1. The molecule has 0 atom stereocenters. The van der Waals surface area contributed by atoms with Crippen LogP contribution in [0.2, 0.25) is 0 Å². The average Bonchev–Trinajstić information content (AvgIpc) is 3.00. The Hall–Kier alpha value is -1.85. The molecule has 1 aromatic heterocycles. The van der Waals surface area contributed by atoms with Crippen LogP contribution in [0, 0.1) is 5.92 Å². The summed E-state index contributed by atoms with van der Waals surface area (Å²) >= 11 is 0. The molecule has 5 nitrogen and oxygen atoms in total. The second-order valence-corrected chi connectivity index (χ2v) is 5.50. The molecule has 2 aromatic rings. The minimum atomic E-state index is -0.282. The smallest absolute Gasteiger partial charge is 0.339 e. The molecule has 1 aromatic carbocycles. The predicted octanol–water partition coefficient (Wildman–Crippen LogP) is 1.87. The lowest BCUT2D eigenvalue weighted by Crippen LogP contribution is -2.34. The highest BCUT2D eigenvalue weighted by Gasteiger charge is 2.13. The van der Waals surface area contributed by atoms with E-state index in [1.807, 2.05) is 24.4 Å². The van der Waals surface area contributed by atoms with E-state index >= 15 is 0 Å². The minimum absolute atomic E-state index is 0.272. The SMILES string of the molecule is O=C(OCNCC1CCNCC1)c1ccc2[nH]ccc2c1. The van der Waals surface area contributed by atoms with E-state index in [2.05, 4.69) is 15.6 Å². The number of H-pyrrole nitrogens is 1. The van der Waals surface area contributed by atoms with Crippen molar-refractivity contribution in [2.24, 2.45) is 5.92 Å². The Morgan fingerprint density at radius 1 is 1.29 bits per heavy atom. The molecule has 0 unspecified atom stereocenters. The van der Waals surface area contributed by atoms with Gasteiger partial charge in [-0.15, -0.1) is 0 Å². The van der Waals surface area contributed by atoms with Gasteiger partial charge in [0.25, 0.3) is 0 Å². The summed E-state index contributed by atoms with van der Waals surface area (Å²) in [7, 11) is 0. The first-order valence-corrected chi connectivity index (χ1v) is 7.48. The molecule has 0 aliphatic carbocycles. The fraction of sp³-hybridized carbons (Fsp3) is 0.438. The van der Waals surface area contributed by atoms with Crippen LogP contribution in [0.1, 0.15) is 23.2 Å². The van der Waals surface area contributed by atoms with E-state index in [1.165, 1.54) is 12.8 Å². The molecule has 1 saturated heterocycles. The average molecular weight is 287 g/mol. The first-order chi connectivity index (χ1) is 10.3. The monoisotopic (exact) mass is 287 g/mol. The second-order valence-electron chi connectivity index (χ2n) is 5.50. The van der Waals surface area contributed by atoms with Gasteiger partial charge in [0.2, 0.25) is 0 Å². The number of hydrogen-bond donors (Lipinski definition) is 3. The summed E-state index contributed by atoms with van der Waals surface area (Å²) < 4.78 is 5.27. The summed E-state index contributed by atoms with van der Waals surface area (Å²) in [5.41, 5.74) is 1.61. The third kappa shape index (κ3) is 3.62. The fourth-order valence-electron chi connectivity index (χ4n) is 2.73. The molecule has 1 aliphatic rings. The van der Waals surface area contributed by atoms with Gasteiger partial charge in [0.1, 0.15) is 6.73 Å². The Kier molecular flexibility index (Phi) is 4.52. The van der Waals surface area contributed by atoms with Crippen LogP contribution >= 0.6 is 0 Å². The lowest BCUT2D eigenvalue weighted by molar-refractivity contribution is 0.0465. The van der Waals surface area contributed by atoms with Crippen molar-refractivity contribution in [1.29, 1.82) is 0 Å². The Labute approximate surface area is 124 Å². The van der Waals surface area contributed by atoms with Crippen molar-refractivity contribution >= 4 is 16.9 Å². The highest BCUT2D eigenvalue weighted by molar-refractivity contribution is 5.94. The number of piperidine rings is 1. The maximum Gasteiger partial charge on any atom is 0.339 e. The molecule has 1 fully saturated rings. The highest BCUT2D eigenvalue weighted by atomic mass is 16.5. The lowest BCUT2D eigenvalue weighted by atomic mass is 9.98. The minimum Gasteiger partial charge on any atom is -0.446 e. The second kappa shape index (κ2) is 6.74. The topological polar surface area (TPSA) is 66.2 Å². The van der Waals surface area contributed by atoms with E-state index in [-0.39, 0.29) is 12.7 Å². The zero-order valence-electron chi connectivity index (χ0n) is 12.0. The van der Waals surface area contributed by atoms with Crippen LogP contribution < -0.4 is 10.6 Å². The number of carbonyl (C=O) groups excluding carboxylic acids is 1. The van der Waals surface area contributed by atoms with E-state index in [4.69, 9.17) is 4.74 Å². The van der Waals surface area contributed by atoms with Crippen LogP contribution in [-0.4, -0.2) is 37.3 Å². The van der Waals surface area contributed by atoms with E-state index < -0.39 is 0 Å². The van der Waals surface area contributed by atoms with Crippen LogP contribution in [0.25, 0.3) is 10.9 Å². The maximum absolute atomic E-state index is 12.0. The van der Waals surface area contributed by atoms with Crippen LogP contribution in [-0.2, 0) is 4.74 Å². The highest BCUT2D eigenvalue weighted by Crippen LogP contribution is 2.15. The lowest BCUT2D eigenvalue weighted by Gasteiger charge is -2.22. The number of ether oxygens (including phenoxy) is 1. The van der Waals surface area contributed by atoms with Gasteiger partial charge in [0.05, 0.1) is 5.56 Å². The molecule has 21 heavy (non-hydrogen) atoms. The summed E-state index contributed by atoms with van der Waals surface area (Å²) in [6.07, 6.45) is 4.23. The van der Waals surface area contributed by atoms with Gasteiger partial charge in [-0.1, -0.05) is 0 Å². The molecule has 0 saturated carbocycles. The molecule has 5 heteroatoms. The van der Waals surface area contributed by atoms with E-state index in [0.717, 1.165) is 30.5 Å². The summed E-state index contributed by atoms with van der Waals surface area (Å²) in [6, 6.07) is 7.48. The zero-order valence-corrected chi connectivity index (χ0v) is 12.0. The van der Waals surface area contributed by atoms with Crippen molar-refractivity contribution in [3.63, 3.8) is 0 Å². The van der Waals surface area contributed by atoms with Crippen molar-refractivity contribution in [2.45, 2.75) is 12.8 Å². The molecular formula is C16H21N3O2. The van der Waals surface area contributed by atoms with Crippen LogP contribution in [0.3, 0.4) is 0 Å². The Bertz CT molecular complexity index is 602. The summed E-state index contributed by atoms with van der Waals surface area (Å²) in [4.78, 5) is 15.1. The van der Waals surface area contributed by atoms with Crippen molar-refractivity contribution < 1.29 is 9.53 Å². The molecule has 0 bridgehead atoms. The first-order valence-electron chi connectivity index (χ1n) is 7.48. The molecule has 1 aliphatic heterocycles. The number of fused-ring (bicyclic) bond motifs is 1. The maximum atomic E-state index is 12.0. The van der Waals surface area contributed by atoms with Gasteiger partial charge in [0, 0.05) is 23.6 Å². The largest absolute Gasteiger partial charge is 0.446 e. The molecule has 0 radical (unpaired) electrons. The van der Waals surface area contributed by atoms with E-state index in [0.29, 0.717) is 11.5 Å². The number of nitrogens with one attached hydrogen (secondary N) is 3. The van der Waals surface area contributed by atoms with E-state index in [9.17, 15) is 4.79 Å². The first kappa shape index (κ1) is 14.1. The standard InChI is InChI=1S/C16H21N3O2/c20-16(14-1-2-15-13(9-14)5-8-19-15)21-11-18-10-12-3-6-17-7-4-12/h1-2,5,8-9,12,17-19H,3-4,6-7,10-11H2. The van der Waals surface area contributed by atoms with Gasteiger partial charge in [-0.2, -0.15) is 0 Å². The molecule has 0 spiro atoms. The molecule has 112 valence electrons. The van der Waals surface area contributed by atoms with Crippen molar-refractivity contribution in [2.75, 3.05) is 26.4 Å². The summed E-state index contributed by atoms with van der Waals surface area (Å²) in [5, 5.41) is 7.57. The summed E-state index contributed by atoms with van der Waals surface area (Å²) in [5.74, 6) is 0.400. The quantitative estimate of drug-likeness (QED) is 0.446. The van der Waals surface area contributed by atoms with Crippen LogP contribution in [0.15, 0.2) is 30.5 Å². The van der Waals surface area contributed by atoms with Gasteiger partial charge < -0.3 is 15.0 Å². The van der Waals surface area contributed by atoms with Crippen LogP contribution in [0.4, 0.5) is 0 Å². The van der Waals surface area contributed by atoms with Crippen LogP contribution in [0.5, 0.6) is 0 Å². The van der Waals surface area contributed by atoms with Gasteiger partial charge in [-0.3, -0.25) is 5.32 Å². The van der Waals surface area contributed by atoms with Gasteiger partial charge >= 0.3 is 5.97 Å². The Morgan fingerprint density at radius 3 is 3.00 bits per heavy atom. The predicted molar refractivity (Wildman–Crippen MR) is 82.2 cm³/mol. The Morgan fingerprint density at radius 2 is 2.14 bits per heavy atom. The third-order valence-electron chi connectivity index (χ3n) is 3.99. The molecule has 2 heterocycles. The zero-order chi connectivity index (χ0) is 14.5. The van der Waals surface area contributed by atoms with Gasteiger partial charge in [-0.25, -0.2) is 4.79 Å². The Balaban J connectivity index is 1.45. The number of aromatic amines is 1. The molecule has 3 N–H and O–H groups in total. The number of esters is 1. The van der Waals surface area contributed by atoms with Gasteiger partial charge in [-0.05, 0) is 56.1 Å². The van der Waals surface area contributed by atoms with Gasteiger partial charge in [0.15, 0.2) is 0 Å². The van der Waals surface area contributed by atoms with Crippen molar-refractivity contribution in [1.82, 2.24) is 15.6 Å². The number of aromatic nitrogens is 1. The number of hydrogen-bond acceptors (Lipinski definition) is 4. The number of rotatable bonds is 5. The van der Waals surface area contributed by atoms with E-state index in [1.54, 1.807) is 6.07 Å². The van der Waals surface area contributed by atoms with Crippen molar-refractivity contribution in [3.8, 4) is 0 Å². The molecule has 0 amide bonds. The third-order valence-corrected chi connectivity index (χ3v) is 3.99. The van der Waals surface area contributed by atoms with Crippen molar-refractivity contribution in [3.05, 3.63) is 36.0 Å². The number of carbonyl (C=O) groups is 1. The normalized spacial score (nSPS) is 16.2. The molecular weight excluding hydrogens is 266 g/mol. The summed E-state index contributed by atoms with van der Waals surface area (Å²) in [6.45, 7) is 3.35. The fourth-order valence-corrected chi connectivity index (χ4v) is 2.73. The molecule has 3 rings (SSSR count).